The minimum Gasteiger partial charge on any atom is -0.497 e. The summed E-state index contributed by atoms with van der Waals surface area (Å²) in [5.41, 5.74) is 1.09. The van der Waals surface area contributed by atoms with Crippen LogP contribution in [-0.2, 0) is 9.53 Å². The van der Waals surface area contributed by atoms with E-state index in [4.69, 9.17) is 9.47 Å². The van der Waals surface area contributed by atoms with E-state index in [9.17, 15) is 9.59 Å². The number of carbonyl (C=O) groups is 2. The first-order valence-corrected chi connectivity index (χ1v) is 7.95. The maximum absolute atomic E-state index is 12.1. The van der Waals surface area contributed by atoms with E-state index in [1.807, 2.05) is 13.8 Å². The van der Waals surface area contributed by atoms with Crippen molar-refractivity contribution in [1.29, 1.82) is 0 Å². The standard InChI is InChI=1S/C17H19NO4S/c1-10-8-15(12(3)23-10)17(20)22-11(2)16(19)18-13-6-5-7-14(9-13)21-4/h5-9,11H,1-4H3,(H,18,19)/t11-/m1/s1. The van der Waals surface area contributed by atoms with Crippen LogP contribution in [0, 0.1) is 13.8 Å². The molecule has 0 aliphatic carbocycles. The molecule has 1 atom stereocenters. The number of hydrogen-bond acceptors (Lipinski definition) is 5. The SMILES string of the molecule is COc1cccc(NC(=O)[C@@H](C)OC(=O)c2cc(C)sc2C)c1. The summed E-state index contributed by atoms with van der Waals surface area (Å²) < 4.78 is 10.3. The molecule has 23 heavy (non-hydrogen) atoms. The van der Waals surface area contributed by atoms with E-state index < -0.39 is 18.0 Å². The Morgan fingerprint density at radius 1 is 1.22 bits per heavy atom. The number of amides is 1. The molecule has 1 heterocycles. The Kier molecular flexibility index (Phi) is 5.39. The van der Waals surface area contributed by atoms with E-state index in [0.29, 0.717) is 17.0 Å². The Hall–Kier alpha value is -2.34. The first-order chi connectivity index (χ1) is 10.9. The summed E-state index contributed by atoms with van der Waals surface area (Å²) in [7, 11) is 1.55. The predicted molar refractivity (Wildman–Crippen MR) is 90.3 cm³/mol. The number of anilines is 1. The number of ether oxygens (including phenoxy) is 2. The van der Waals surface area contributed by atoms with Gasteiger partial charge in [-0.3, -0.25) is 4.79 Å². The second-order valence-corrected chi connectivity index (χ2v) is 6.56. The monoisotopic (exact) mass is 333 g/mol. The van der Waals surface area contributed by atoms with Crippen LogP contribution < -0.4 is 10.1 Å². The molecule has 5 nitrogen and oxygen atoms in total. The van der Waals surface area contributed by atoms with Gasteiger partial charge < -0.3 is 14.8 Å². The summed E-state index contributed by atoms with van der Waals surface area (Å²) in [6.45, 7) is 5.32. The molecule has 0 bridgehead atoms. The second kappa shape index (κ2) is 7.28. The summed E-state index contributed by atoms with van der Waals surface area (Å²) in [6, 6.07) is 8.75. The van der Waals surface area contributed by atoms with E-state index in [1.54, 1.807) is 44.4 Å². The predicted octanol–water partition coefficient (Wildman–Crippen LogP) is 3.56. The minimum absolute atomic E-state index is 0.392. The summed E-state index contributed by atoms with van der Waals surface area (Å²) in [4.78, 5) is 26.2. The zero-order chi connectivity index (χ0) is 17.0. The zero-order valence-electron chi connectivity index (χ0n) is 13.5. The molecule has 0 saturated carbocycles. The molecule has 0 aliphatic heterocycles. The van der Waals surface area contributed by atoms with Crippen LogP contribution in [0.25, 0.3) is 0 Å². The highest BCUT2D eigenvalue weighted by Crippen LogP contribution is 2.22. The molecule has 1 amide bonds. The number of methoxy groups -OCH3 is 1. The number of nitrogens with one attached hydrogen (secondary N) is 1. The smallest absolute Gasteiger partial charge is 0.340 e. The number of benzene rings is 1. The van der Waals surface area contributed by atoms with Crippen molar-refractivity contribution in [3.63, 3.8) is 0 Å². The third-order valence-corrected chi connectivity index (χ3v) is 4.22. The number of hydrogen-bond donors (Lipinski definition) is 1. The molecule has 1 aromatic carbocycles. The molecule has 1 aromatic heterocycles. The van der Waals surface area contributed by atoms with Crippen LogP contribution in [0.3, 0.4) is 0 Å². The Balaban J connectivity index is 1.99. The van der Waals surface area contributed by atoms with E-state index in [0.717, 1.165) is 9.75 Å². The lowest BCUT2D eigenvalue weighted by atomic mass is 10.2. The first-order valence-electron chi connectivity index (χ1n) is 7.13. The van der Waals surface area contributed by atoms with E-state index >= 15 is 0 Å². The van der Waals surface area contributed by atoms with Gasteiger partial charge in [0.05, 0.1) is 12.7 Å². The minimum atomic E-state index is -0.895. The van der Waals surface area contributed by atoms with Crippen LogP contribution in [0.1, 0.15) is 27.0 Å². The van der Waals surface area contributed by atoms with Crippen molar-refractivity contribution in [2.75, 3.05) is 12.4 Å². The average Bonchev–Trinajstić information content (AvgIpc) is 2.86. The molecular formula is C17H19NO4S. The lowest BCUT2D eigenvalue weighted by Crippen LogP contribution is -2.30. The number of carbonyl (C=O) groups excluding carboxylic acids is 2. The van der Waals surface area contributed by atoms with Crippen LogP contribution in [0.5, 0.6) is 5.75 Å². The van der Waals surface area contributed by atoms with Crippen molar-refractivity contribution < 1.29 is 19.1 Å². The molecule has 0 aliphatic rings. The molecule has 2 rings (SSSR count). The van der Waals surface area contributed by atoms with Gasteiger partial charge in [-0.15, -0.1) is 11.3 Å². The van der Waals surface area contributed by atoms with Gasteiger partial charge in [-0.25, -0.2) is 4.79 Å². The van der Waals surface area contributed by atoms with Gasteiger partial charge in [-0.05, 0) is 39.0 Å². The van der Waals surface area contributed by atoms with Gasteiger partial charge in [0.15, 0.2) is 6.10 Å². The van der Waals surface area contributed by atoms with E-state index in [2.05, 4.69) is 5.32 Å². The maximum Gasteiger partial charge on any atom is 0.340 e. The fourth-order valence-corrected chi connectivity index (χ4v) is 2.97. The molecule has 0 spiro atoms. The molecular weight excluding hydrogens is 314 g/mol. The zero-order valence-corrected chi connectivity index (χ0v) is 14.3. The molecule has 122 valence electrons. The lowest BCUT2D eigenvalue weighted by Gasteiger charge is -2.14. The highest BCUT2D eigenvalue weighted by atomic mass is 32.1. The van der Waals surface area contributed by atoms with Crippen molar-refractivity contribution in [3.8, 4) is 5.75 Å². The number of thiophene rings is 1. The summed E-state index contributed by atoms with van der Waals surface area (Å²) in [6.07, 6.45) is -0.895. The normalized spacial score (nSPS) is 11.7. The number of aryl methyl sites for hydroxylation is 2. The van der Waals surface area contributed by atoms with E-state index in [-0.39, 0.29) is 0 Å². The van der Waals surface area contributed by atoms with Gasteiger partial charge >= 0.3 is 5.97 Å². The van der Waals surface area contributed by atoms with E-state index in [1.165, 1.54) is 11.3 Å². The summed E-state index contributed by atoms with van der Waals surface area (Å²) in [5, 5.41) is 2.70. The second-order valence-electron chi connectivity index (χ2n) is 5.10. The first kappa shape index (κ1) is 17.0. The van der Waals surface area contributed by atoms with Gasteiger partial charge in [0.1, 0.15) is 5.75 Å². The van der Waals surface area contributed by atoms with Gasteiger partial charge in [-0.1, -0.05) is 6.07 Å². The van der Waals surface area contributed by atoms with Crippen molar-refractivity contribution in [2.45, 2.75) is 26.9 Å². The topological polar surface area (TPSA) is 64.6 Å². The van der Waals surface area contributed by atoms with Gasteiger partial charge in [0.2, 0.25) is 0 Å². The van der Waals surface area contributed by atoms with Crippen molar-refractivity contribution in [3.05, 3.63) is 45.6 Å². The van der Waals surface area contributed by atoms with Crippen LogP contribution in [0.4, 0.5) is 5.69 Å². The van der Waals surface area contributed by atoms with Gasteiger partial charge in [0, 0.05) is 21.5 Å². The number of esters is 1. The van der Waals surface area contributed by atoms with Crippen molar-refractivity contribution in [1.82, 2.24) is 0 Å². The van der Waals surface area contributed by atoms with Gasteiger partial charge in [-0.2, -0.15) is 0 Å². The van der Waals surface area contributed by atoms with Crippen molar-refractivity contribution in [2.24, 2.45) is 0 Å². The van der Waals surface area contributed by atoms with Crippen molar-refractivity contribution >= 4 is 28.9 Å². The molecule has 2 aromatic rings. The summed E-state index contributed by atoms with van der Waals surface area (Å²) >= 11 is 1.52. The molecule has 0 radical (unpaired) electrons. The molecule has 0 fully saturated rings. The third kappa shape index (κ3) is 4.32. The summed E-state index contributed by atoms with van der Waals surface area (Å²) in [5.74, 6) is -0.242. The lowest BCUT2D eigenvalue weighted by molar-refractivity contribution is -0.123. The van der Waals surface area contributed by atoms with Gasteiger partial charge in [0.25, 0.3) is 5.91 Å². The quantitative estimate of drug-likeness (QED) is 0.850. The largest absolute Gasteiger partial charge is 0.497 e. The fraction of sp³-hybridized carbons (Fsp3) is 0.294. The Bertz CT molecular complexity index is 723. The highest BCUT2D eigenvalue weighted by Gasteiger charge is 2.21. The Morgan fingerprint density at radius 3 is 2.57 bits per heavy atom. The molecule has 6 heteroatoms. The van der Waals surface area contributed by atoms with Crippen LogP contribution >= 0.6 is 11.3 Å². The average molecular weight is 333 g/mol. The highest BCUT2D eigenvalue weighted by molar-refractivity contribution is 7.12. The molecule has 0 saturated heterocycles. The van der Waals surface area contributed by atoms with Crippen LogP contribution in [0.15, 0.2) is 30.3 Å². The molecule has 0 unspecified atom stereocenters. The Morgan fingerprint density at radius 2 is 1.96 bits per heavy atom. The van der Waals surface area contributed by atoms with Crippen LogP contribution in [-0.4, -0.2) is 25.1 Å². The fourth-order valence-electron chi connectivity index (χ4n) is 2.06. The molecule has 1 N–H and O–H groups in total. The Labute approximate surface area is 139 Å². The maximum atomic E-state index is 12.1. The number of rotatable bonds is 5. The third-order valence-electron chi connectivity index (χ3n) is 3.25. The van der Waals surface area contributed by atoms with Crippen LogP contribution in [0.2, 0.25) is 0 Å².